The van der Waals surface area contributed by atoms with Crippen LogP contribution in [0.4, 0.5) is 0 Å². The average molecular weight is 413 g/mol. The Bertz CT molecular complexity index is 634. The molecule has 4 heterocycles. The molecule has 1 atom stereocenters. The molecule has 4 rings (SSSR count). The summed E-state index contributed by atoms with van der Waals surface area (Å²) in [5.74, 6) is 0.686. The molecule has 3 aliphatic rings. The molecule has 166 valence electrons. The first-order valence-corrected chi connectivity index (χ1v) is 12.4. The Hall–Kier alpha value is -1.46. The lowest BCUT2D eigenvalue weighted by Crippen LogP contribution is -2.51. The highest BCUT2D eigenvalue weighted by atomic mass is 16.2. The van der Waals surface area contributed by atoms with Crippen molar-refractivity contribution in [3.63, 3.8) is 0 Å². The molecule has 0 N–H and O–H groups in total. The summed E-state index contributed by atoms with van der Waals surface area (Å²) in [4.78, 5) is 24.9. The van der Waals surface area contributed by atoms with Gasteiger partial charge in [-0.15, -0.1) is 0 Å². The number of piperidine rings is 2. The number of hydrogen-bond donors (Lipinski definition) is 0. The van der Waals surface area contributed by atoms with Crippen LogP contribution in [0.15, 0.2) is 24.5 Å². The maximum Gasteiger partial charge on any atom is 0.226 e. The molecule has 0 bridgehead atoms. The second-order valence-corrected chi connectivity index (χ2v) is 9.64. The number of pyridine rings is 1. The van der Waals surface area contributed by atoms with Crippen molar-refractivity contribution in [2.45, 2.75) is 76.8 Å². The van der Waals surface area contributed by atoms with Crippen LogP contribution in [-0.4, -0.2) is 70.9 Å². The van der Waals surface area contributed by atoms with Gasteiger partial charge >= 0.3 is 0 Å². The molecule has 3 saturated heterocycles. The Labute approximate surface area is 182 Å². The molecule has 3 fully saturated rings. The third kappa shape index (κ3) is 6.04. The minimum atomic E-state index is 0.231. The first-order valence-electron chi connectivity index (χ1n) is 12.4. The second-order valence-electron chi connectivity index (χ2n) is 9.64. The summed E-state index contributed by atoms with van der Waals surface area (Å²) in [6, 6.07) is 4.91. The van der Waals surface area contributed by atoms with Crippen molar-refractivity contribution >= 4 is 5.91 Å². The molecule has 5 nitrogen and oxygen atoms in total. The van der Waals surface area contributed by atoms with Gasteiger partial charge in [0.1, 0.15) is 0 Å². The van der Waals surface area contributed by atoms with E-state index in [1.54, 1.807) is 0 Å². The van der Waals surface area contributed by atoms with Crippen molar-refractivity contribution in [2.75, 3.05) is 39.3 Å². The van der Waals surface area contributed by atoms with Crippen LogP contribution in [0.3, 0.4) is 0 Å². The van der Waals surface area contributed by atoms with Crippen molar-refractivity contribution in [3.05, 3.63) is 30.1 Å². The highest BCUT2D eigenvalue weighted by Gasteiger charge is 2.33. The average Bonchev–Trinajstić information content (AvgIpc) is 2.94. The van der Waals surface area contributed by atoms with Crippen LogP contribution < -0.4 is 0 Å². The number of hydrogen-bond acceptors (Lipinski definition) is 4. The van der Waals surface area contributed by atoms with E-state index in [2.05, 4.69) is 31.8 Å². The molecular formula is C25H40N4O. The summed E-state index contributed by atoms with van der Waals surface area (Å²) in [7, 11) is 0. The van der Waals surface area contributed by atoms with E-state index in [0.717, 1.165) is 45.7 Å². The fraction of sp³-hybridized carbons (Fsp3) is 0.760. The zero-order valence-corrected chi connectivity index (χ0v) is 18.7. The molecule has 3 aliphatic heterocycles. The fourth-order valence-corrected chi connectivity index (χ4v) is 5.63. The van der Waals surface area contributed by atoms with Gasteiger partial charge < -0.3 is 4.90 Å². The molecule has 5 heteroatoms. The van der Waals surface area contributed by atoms with Gasteiger partial charge in [0.15, 0.2) is 0 Å². The smallest absolute Gasteiger partial charge is 0.226 e. The first-order chi connectivity index (χ1) is 14.8. The molecule has 0 aromatic carbocycles. The van der Waals surface area contributed by atoms with E-state index in [0.29, 0.717) is 11.9 Å². The maximum absolute atomic E-state index is 13.3. The van der Waals surface area contributed by atoms with Crippen LogP contribution in [0.5, 0.6) is 0 Å². The summed E-state index contributed by atoms with van der Waals surface area (Å²) in [5, 5.41) is 0. The van der Waals surface area contributed by atoms with E-state index in [-0.39, 0.29) is 5.92 Å². The van der Waals surface area contributed by atoms with Crippen LogP contribution in [0, 0.1) is 5.92 Å². The van der Waals surface area contributed by atoms with Crippen LogP contribution in [-0.2, 0) is 11.3 Å². The number of aromatic nitrogens is 1. The lowest BCUT2D eigenvalue weighted by Gasteiger charge is -2.42. The molecule has 0 saturated carbocycles. The Kier molecular flexibility index (Phi) is 8.15. The molecule has 1 aromatic heterocycles. The monoisotopic (exact) mass is 412 g/mol. The number of nitrogens with zero attached hydrogens (tertiary/aromatic N) is 4. The van der Waals surface area contributed by atoms with Crippen LogP contribution >= 0.6 is 0 Å². The molecule has 0 spiro atoms. The Morgan fingerprint density at radius 2 is 1.50 bits per heavy atom. The number of carbonyl (C=O) groups is 1. The SMILES string of the molecule is O=C([C@H]1CCCN(C2CCN(Cc3ccncc3)CC2)C1)N1CCCCCCCC1. The number of likely N-dealkylation sites (tertiary alicyclic amines) is 2. The van der Waals surface area contributed by atoms with Gasteiger partial charge in [0.05, 0.1) is 5.92 Å². The molecule has 1 aromatic rings. The lowest BCUT2D eigenvalue weighted by molar-refractivity contribution is -0.138. The Morgan fingerprint density at radius 1 is 0.833 bits per heavy atom. The third-order valence-electron chi connectivity index (χ3n) is 7.45. The Balaban J connectivity index is 1.26. The van der Waals surface area contributed by atoms with E-state index in [9.17, 15) is 4.79 Å². The molecular weight excluding hydrogens is 372 g/mol. The predicted molar refractivity (Wildman–Crippen MR) is 121 cm³/mol. The topological polar surface area (TPSA) is 39.7 Å². The molecule has 0 aliphatic carbocycles. The highest BCUT2D eigenvalue weighted by molar-refractivity contribution is 5.79. The Morgan fingerprint density at radius 3 is 2.20 bits per heavy atom. The fourth-order valence-electron chi connectivity index (χ4n) is 5.63. The van der Waals surface area contributed by atoms with E-state index in [1.807, 2.05) is 12.4 Å². The first kappa shape index (κ1) is 21.8. The summed E-state index contributed by atoms with van der Waals surface area (Å²) in [6.07, 6.45) is 16.2. The normalized spacial score (nSPS) is 26.0. The van der Waals surface area contributed by atoms with Gasteiger partial charge in [0, 0.05) is 44.6 Å². The van der Waals surface area contributed by atoms with Crippen LogP contribution in [0.1, 0.15) is 69.8 Å². The van der Waals surface area contributed by atoms with Crippen LogP contribution in [0.25, 0.3) is 0 Å². The van der Waals surface area contributed by atoms with Crippen molar-refractivity contribution < 1.29 is 4.79 Å². The highest BCUT2D eigenvalue weighted by Crippen LogP contribution is 2.26. The summed E-state index contributed by atoms with van der Waals surface area (Å²) >= 11 is 0. The summed E-state index contributed by atoms with van der Waals surface area (Å²) < 4.78 is 0. The van der Waals surface area contributed by atoms with Gasteiger partial charge in [-0.3, -0.25) is 19.6 Å². The van der Waals surface area contributed by atoms with Crippen molar-refractivity contribution in [2.24, 2.45) is 5.92 Å². The van der Waals surface area contributed by atoms with Crippen molar-refractivity contribution in [3.8, 4) is 0 Å². The third-order valence-corrected chi connectivity index (χ3v) is 7.45. The minimum Gasteiger partial charge on any atom is -0.342 e. The standard InChI is InChI=1S/C25H40N4O/c30-25(28-15-5-3-1-2-4-6-16-28)23-8-7-17-29(21-23)24-11-18-27(19-12-24)20-22-9-13-26-14-10-22/h9-10,13-14,23-24H,1-8,11-12,15-21H2/t23-/m0/s1. The van der Waals surface area contributed by atoms with Gasteiger partial charge in [-0.05, 0) is 75.9 Å². The summed E-state index contributed by atoms with van der Waals surface area (Å²) in [6.45, 7) is 7.50. The van der Waals surface area contributed by atoms with Gasteiger partial charge in [-0.1, -0.05) is 25.7 Å². The molecule has 0 unspecified atom stereocenters. The van der Waals surface area contributed by atoms with E-state index >= 15 is 0 Å². The minimum absolute atomic E-state index is 0.231. The summed E-state index contributed by atoms with van der Waals surface area (Å²) in [5.41, 5.74) is 1.36. The molecule has 30 heavy (non-hydrogen) atoms. The molecule has 1 amide bonds. The van der Waals surface area contributed by atoms with Crippen LogP contribution in [0.2, 0.25) is 0 Å². The van der Waals surface area contributed by atoms with E-state index in [4.69, 9.17) is 0 Å². The van der Waals surface area contributed by atoms with Gasteiger partial charge in [0.2, 0.25) is 5.91 Å². The molecule has 0 radical (unpaired) electrons. The van der Waals surface area contributed by atoms with Gasteiger partial charge in [-0.25, -0.2) is 0 Å². The van der Waals surface area contributed by atoms with Gasteiger partial charge in [0.25, 0.3) is 0 Å². The van der Waals surface area contributed by atoms with Crippen molar-refractivity contribution in [1.82, 2.24) is 19.7 Å². The van der Waals surface area contributed by atoms with Crippen molar-refractivity contribution in [1.29, 1.82) is 0 Å². The number of carbonyl (C=O) groups excluding carboxylic acids is 1. The zero-order valence-electron chi connectivity index (χ0n) is 18.7. The quantitative estimate of drug-likeness (QED) is 0.751. The second kappa shape index (κ2) is 11.2. The number of amides is 1. The van der Waals surface area contributed by atoms with E-state index in [1.165, 1.54) is 69.9 Å². The predicted octanol–water partition coefficient (Wildman–Crippen LogP) is 3.94. The maximum atomic E-state index is 13.3. The largest absolute Gasteiger partial charge is 0.342 e. The number of rotatable bonds is 4. The van der Waals surface area contributed by atoms with E-state index < -0.39 is 0 Å². The lowest BCUT2D eigenvalue weighted by atomic mass is 9.92. The zero-order chi connectivity index (χ0) is 20.6. The van der Waals surface area contributed by atoms with Gasteiger partial charge in [-0.2, -0.15) is 0 Å².